The van der Waals surface area contributed by atoms with E-state index in [0.717, 1.165) is 43.1 Å². The standard InChI is InChI=1S/C40H34N4O2S2/c1-27-37(47-39(41-27)43(23-29-15-7-3-8-16-29)24-30-17-9-4-10-18-30)33-35(45)34(36(33)46)38-28(2)42-40(48-38)44(25-31-19-11-5-12-20-31)26-32-21-13-6-14-22-32/h3-22,34H,1,23-26H2,2H3/p+1. The molecule has 0 unspecified atom stereocenters. The summed E-state index contributed by atoms with van der Waals surface area (Å²) in [6.45, 7) is 8.76. The first-order valence-corrected chi connectivity index (χ1v) is 17.5. The molecule has 0 radical (unpaired) electrons. The van der Waals surface area contributed by atoms with Crippen LogP contribution >= 0.6 is 22.7 Å². The van der Waals surface area contributed by atoms with Gasteiger partial charge in [-0.15, -0.1) is 11.3 Å². The van der Waals surface area contributed by atoms with Gasteiger partial charge in [0, 0.05) is 18.0 Å². The lowest BCUT2D eigenvalue weighted by atomic mass is 9.76. The second-order valence-corrected chi connectivity index (χ2v) is 14.0. The molecule has 1 aliphatic rings. The van der Waals surface area contributed by atoms with Crippen LogP contribution in [0.4, 0.5) is 10.3 Å². The number of H-pyrrole nitrogens is 1. The van der Waals surface area contributed by atoms with Crippen LogP contribution < -0.4 is 24.7 Å². The number of aromatic nitrogens is 2. The van der Waals surface area contributed by atoms with Crippen molar-refractivity contribution >= 4 is 56.7 Å². The van der Waals surface area contributed by atoms with Crippen LogP contribution in [0.5, 0.6) is 0 Å². The van der Waals surface area contributed by atoms with E-state index in [4.69, 9.17) is 4.98 Å². The number of aromatic amines is 1. The van der Waals surface area contributed by atoms with Gasteiger partial charge < -0.3 is 4.90 Å². The molecule has 2 aromatic heterocycles. The molecule has 48 heavy (non-hydrogen) atoms. The summed E-state index contributed by atoms with van der Waals surface area (Å²) in [5, 5.41) is 2.23. The average Bonchev–Trinajstić information content (AvgIpc) is 3.68. The lowest BCUT2D eigenvalue weighted by molar-refractivity contribution is -0.375. The second-order valence-electron chi connectivity index (χ2n) is 12.0. The molecular formula is C40H35N4O2S2+. The zero-order valence-corrected chi connectivity index (χ0v) is 28.3. The Morgan fingerprint density at radius 2 is 1.06 bits per heavy atom. The van der Waals surface area contributed by atoms with Crippen LogP contribution in [0, 0.1) is 6.92 Å². The first-order valence-electron chi connectivity index (χ1n) is 15.9. The number of benzene rings is 4. The third-order valence-corrected chi connectivity index (χ3v) is 11.0. The van der Waals surface area contributed by atoms with Gasteiger partial charge in [-0.2, -0.15) is 0 Å². The van der Waals surface area contributed by atoms with E-state index in [-0.39, 0.29) is 17.1 Å². The number of hydrogen-bond donors (Lipinski definition) is 0. The van der Waals surface area contributed by atoms with Crippen molar-refractivity contribution in [1.82, 2.24) is 4.98 Å². The molecule has 0 bridgehead atoms. The van der Waals surface area contributed by atoms with Crippen molar-refractivity contribution in [3.8, 4) is 0 Å². The minimum atomic E-state index is -0.837. The van der Waals surface area contributed by atoms with Gasteiger partial charge in [-0.25, -0.2) is 14.9 Å². The summed E-state index contributed by atoms with van der Waals surface area (Å²) < 4.78 is 0.611. The quantitative estimate of drug-likeness (QED) is 0.153. The molecule has 0 spiro atoms. The highest BCUT2D eigenvalue weighted by molar-refractivity contribution is 7.16. The van der Waals surface area contributed by atoms with Gasteiger partial charge in [0.05, 0.1) is 15.8 Å². The summed E-state index contributed by atoms with van der Waals surface area (Å²) in [5.74, 6) is -1.17. The summed E-state index contributed by atoms with van der Waals surface area (Å²) in [7, 11) is 0. The molecule has 7 rings (SSSR count). The topological polar surface area (TPSA) is 67.7 Å². The summed E-state index contributed by atoms with van der Waals surface area (Å²) in [6.07, 6.45) is 0. The van der Waals surface area contributed by atoms with E-state index in [2.05, 4.69) is 69.9 Å². The summed E-state index contributed by atoms with van der Waals surface area (Å²) in [4.78, 5) is 41.2. The van der Waals surface area contributed by atoms with E-state index in [0.29, 0.717) is 36.1 Å². The van der Waals surface area contributed by atoms with Crippen molar-refractivity contribution in [2.24, 2.45) is 0 Å². The first kappa shape index (κ1) is 31.4. The Kier molecular flexibility index (Phi) is 9.09. The van der Waals surface area contributed by atoms with Crippen LogP contribution in [0.1, 0.15) is 38.7 Å². The summed E-state index contributed by atoms with van der Waals surface area (Å²) in [5.41, 5.74) is 5.60. The molecule has 8 heteroatoms. The number of carbonyl (C=O) groups excluding carboxylic acids is 2. The summed E-state index contributed by atoms with van der Waals surface area (Å²) >= 11 is 2.86. The highest BCUT2D eigenvalue weighted by Gasteiger charge is 2.48. The number of Topliss-reactive ketones (excluding diaryl/α,β-unsaturated/α-hetero) is 2. The molecule has 2 heterocycles. The number of hydrogen-bond acceptors (Lipinski definition) is 7. The molecule has 4 aromatic carbocycles. The van der Waals surface area contributed by atoms with Gasteiger partial charge in [0.1, 0.15) is 24.4 Å². The fourth-order valence-electron chi connectivity index (χ4n) is 6.03. The van der Waals surface area contributed by atoms with Crippen molar-refractivity contribution in [1.29, 1.82) is 0 Å². The molecule has 0 aliphatic heterocycles. The third-order valence-electron chi connectivity index (χ3n) is 8.48. The first-order chi connectivity index (χ1) is 23.4. The SMILES string of the molecule is C=c1[nH+]c(N(Cc2ccccc2)Cc2ccccc2)sc1=C1C(=O)C(c2sc(N(Cc3ccccc3)Cc3ccccc3)nc2C)C1=O. The molecule has 6 nitrogen and oxygen atoms in total. The van der Waals surface area contributed by atoms with E-state index in [1.165, 1.54) is 22.7 Å². The van der Waals surface area contributed by atoms with Gasteiger partial charge in [-0.3, -0.25) is 9.59 Å². The van der Waals surface area contributed by atoms with Gasteiger partial charge in [0.25, 0.3) is 0 Å². The molecule has 6 aromatic rings. The predicted octanol–water partition coefficient (Wildman–Crippen LogP) is 6.24. The number of anilines is 2. The maximum atomic E-state index is 13.9. The third kappa shape index (κ3) is 6.63. The maximum absolute atomic E-state index is 13.9. The fourth-order valence-corrected chi connectivity index (χ4v) is 8.30. The van der Waals surface area contributed by atoms with E-state index in [1.54, 1.807) is 0 Å². The van der Waals surface area contributed by atoms with E-state index >= 15 is 0 Å². The summed E-state index contributed by atoms with van der Waals surface area (Å²) in [6, 6.07) is 41.1. The van der Waals surface area contributed by atoms with Crippen LogP contribution in [0.2, 0.25) is 0 Å². The Bertz CT molecular complexity index is 2060. The van der Waals surface area contributed by atoms with Crippen molar-refractivity contribution in [2.45, 2.75) is 39.0 Å². The largest absolute Gasteiger partial charge is 0.339 e. The van der Waals surface area contributed by atoms with E-state index in [9.17, 15) is 9.59 Å². The van der Waals surface area contributed by atoms with Crippen LogP contribution in [0.25, 0.3) is 12.2 Å². The molecule has 1 saturated carbocycles. The minimum Gasteiger partial charge on any atom is -0.339 e. The van der Waals surface area contributed by atoms with Crippen molar-refractivity contribution in [3.63, 3.8) is 0 Å². The van der Waals surface area contributed by atoms with Gasteiger partial charge >= 0.3 is 5.13 Å². The van der Waals surface area contributed by atoms with Gasteiger partial charge in [-0.05, 0) is 40.5 Å². The molecule has 0 atom stereocenters. The van der Waals surface area contributed by atoms with Gasteiger partial charge in [-0.1, -0.05) is 128 Å². The minimum absolute atomic E-state index is 0.166. The Morgan fingerprint density at radius 3 is 1.50 bits per heavy atom. The zero-order valence-electron chi connectivity index (χ0n) is 26.6. The fraction of sp³-hybridized carbons (Fsp3) is 0.150. The maximum Gasteiger partial charge on any atom is 0.335 e. The smallest absolute Gasteiger partial charge is 0.335 e. The predicted molar refractivity (Wildman–Crippen MR) is 194 cm³/mol. The second kappa shape index (κ2) is 13.9. The molecule has 0 amide bonds. The van der Waals surface area contributed by atoms with Crippen molar-refractivity contribution in [2.75, 3.05) is 9.80 Å². The number of aryl methyl sites for hydroxylation is 1. The number of rotatable bonds is 11. The Morgan fingerprint density at radius 1 is 0.646 bits per heavy atom. The van der Waals surface area contributed by atoms with Crippen molar-refractivity contribution < 1.29 is 14.6 Å². The van der Waals surface area contributed by atoms with Gasteiger partial charge in [0.15, 0.2) is 16.7 Å². The van der Waals surface area contributed by atoms with E-state index < -0.39 is 5.92 Å². The molecular weight excluding hydrogens is 633 g/mol. The highest BCUT2D eigenvalue weighted by atomic mass is 32.1. The number of nitrogens with one attached hydrogen (secondary N) is 1. The van der Waals surface area contributed by atoms with Crippen LogP contribution in [0.15, 0.2) is 121 Å². The highest BCUT2D eigenvalue weighted by Crippen LogP contribution is 2.42. The molecule has 238 valence electrons. The number of thiazole rings is 2. The lowest BCUT2D eigenvalue weighted by Crippen LogP contribution is -2.46. The monoisotopic (exact) mass is 667 g/mol. The van der Waals surface area contributed by atoms with Gasteiger partial charge in [0.2, 0.25) is 0 Å². The average molecular weight is 668 g/mol. The van der Waals surface area contributed by atoms with Crippen LogP contribution in [-0.4, -0.2) is 16.6 Å². The normalized spacial score (nSPS) is 14.2. The molecule has 0 saturated heterocycles. The van der Waals surface area contributed by atoms with E-state index in [1.807, 2.05) is 79.7 Å². The zero-order chi connectivity index (χ0) is 33.0. The van der Waals surface area contributed by atoms with Crippen LogP contribution in [0.3, 0.4) is 0 Å². The van der Waals surface area contributed by atoms with Crippen molar-refractivity contribution in [3.05, 3.63) is 164 Å². The lowest BCUT2D eigenvalue weighted by Gasteiger charge is -2.25. The van der Waals surface area contributed by atoms with Crippen LogP contribution in [-0.2, 0) is 35.8 Å². The molecule has 1 N–H and O–H groups in total. The Hall–Kier alpha value is -5.18. The Labute approximate surface area is 288 Å². The number of nitrogens with zero attached hydrogens (tertiary/aromatic N) is 3. The Balaban J connectivity index is 1.18. The number of ketones is 2. The molecule has 1 fully saturated rings. The molecule has 1 aliphatic carbocycles. The number of carbonyl (C=O) groups is 2.